The number of guanidine groups is 1. The molecule has 0 aliphatic carbocycles. The van der Waals surface area contributed by atoms with Crippen molar-refractivity contribution in [3.05, 3.63) is 47.0 Å². The van der Waals surface area contributed by atoms with Crippen LogP contribution in [0.3, 0.4) is 0 Å². The van der Waals surface area contributed by atoms with Gasteiger partial charge in [-0.05, 0) is 43.7 Å². The van der Waals surface area contributed by atoms with Crippen LogP contribution >= 0.6 is 24.0 Å². The molecular formula is C20H28F3IN6. The Morgan fingerprint density at radius 3 is 2.83 bits per heavy atom. The molecule has 1 aromatic carbocycles. The molecule has 2 N–H and O–H groups in total. The van der Waals surface area contributed by atoms with Gasteiger partial charge < -0.3 is 10.6 Å². The largest absolute Gasteiger partial charge is 0.416 e. The average Bonchev–Trinajstić information content (AvgIpc) is 3.07. The van der Waals surface area contributed by atoms with E-state index in [0.717, 1.165) is 37.1 Å². The number of aryl methyl sites for hydroxylation is 2. The molecule has 1 aromatic heterocycles. The van der Waals surface area contributed by atoms with Crippen molar-refractivity contribution < 1.29 is 13.2 Å². The first-order chi connectivity index (χ1) is 13.8. The molecule has 0 saturated heterocycles. The number of benzene rings is 1. The average molecular weight is 536 g/mol. The molecule has 10 heteroatoms. The maximum Gasteiger partial charge on any atom is 0.416 e. The van der Waals surface area contributed by atoms with E-state index in [1.165, 1.54) is 12.1 Å². The minimum Gasteiger partial charge on any atom is -0.356 e. The van der Waals surface area contributed by atoms with Crippen LogP contribution in [-0.4, -0.2) is 34.3 Å². The standard InChI is InChI=1S/C20H27F3N6.HI/c1-13(15-6-4-7-16(12-15)20(21,22)23)9-10-25-19(24-3)27-17-8-5-11-29-18(17)26-14(2)28-29;/h4,6-7,12-13,17H,5,8-11H2,1-3H3,(H2,24,25,27);1H. The van der Waals surface area contributed by atoms with Crippen molar-refractivity contribution >= 4 is 29.9 Å². The van der Waals surface area contributed by atoms with Crippen molar-refractivity contribution in [2.24, 2.45) is 4.99 Å². The fraction of sp³-hybridized carbons (Fsp3) is 0.550. The Hall–Kier alpha value is -1.85. The van der Waals surface area contributed by atoms with E-state index in [4.69, 9.17) is 0 Å². The highest BCUT2D eigenvalue weighted by atomic mass is 127. The lowest BCUT2D eigenvalue weighted by atomic mass is 9.96. The number of aromatic nitrogens is 3. The molecule has 0 spiro atoms. The monoisotopic (exact) mass is 536 g/mol. The van der Waals surface area contributed by atoms with Gasteiger partial charge in [-0.15, -0.1) is 24.0 Å². The van der Waals surface area contributed by atoms with Crippen LogP contribution < -0.4 is 10.6 Å². The Bertz CT molecular complexity index is 864. The summed E-state index contributed by atoms with van der Waals surface area (Å²) in [5.41, 5.74) is 0.0735. The summed E-state index contributed by atoms with van der Waals surface area (Å²) in [6, 6.07) is 5.57. The first-order valence-electron chi connectivity index (χ1n) is 9.83. The third-order valence-electron chi connectivity index (χ3n) is 5.17. The number of rotatable bonds is 5. The number of aliphatic imine (C=N–C) groups is 1. The molecule has 6 nitrogen and oxygen atoms in total. The summed E-state index contributed by atoms with van der Waals surface area (Å²) in [4.78, 5) is 8.78. The van der Waals surface area contributed by atoms with Gasteiger partial charge in [-0.25, -0.2) is 9.67 Å². The van der Waals surface area contributed by atoms with Crippen LogP contribution in [0.2, 0.25) is 0 Å². The van der Waals surface area contributed by atoms with Crippen LogP contribution in [0.25, 0.3) is 0 Å². The second-order valence-corrected chi connectivity index (χ2v) is 7.39. The molecule has 2 unspecified atom stereocenters. The maximum atomic E-state index is 12.9. The minimum absolute atomic E-state index is 0. The van der Waals surface area contributed by atoms with E-state index in [2.05, 4.69) is 25.7 Å². The number of hydrogen-bond acceptors (Lipinski definition) is 3. The van der Waals surface area contributed by atoms with Crippen LogP contribution in [-0.2, 0) is 12.7 Å². The molecule has 2 aromatic rings. The molecular weight excluding hydrogens is 508 g/mol. The number of fused-ring (bicyclic) bond motifs is 1. The van der Waals surface area contributed by atoms with Crippen LogP contribution in [0.15, 0.2) is 29.3 Å². The van der Waals surface area contributed by atoms with Crippen molar-refractivity contribution in [1.82, 2.24) is 25.4 Å². The lowest BCUT2D eigenvalue weighted by Crippen LogP contribution is -2.42. The van der Waals surface area contributed by atoms with E-state index in [1.54, 1.807) is 13.1 Å². The van der Waals surface area contributed by atoms with Gasteiger partial charge in [0.1, 0.15) is 11.6 Å². The molecule has 0 saturated carbocycles. The number of hydrogen-bond donors (Lipinski definition) is 2. The summed E-state index contributed by atoms with van der Waals surface area (Å²) in [6.45, 7) is 5.27. The Kier molecular flexibility index (Phi) is 8.51. The van der Waals surface area contributed by atoms with Crippen molar-refractivity contribution in [2.75, 3.05) is 13.6 Å². The van der Waals surface area contributed by atoms with Gasteiger partial charge in [-0.1, -0.05) is 25.1 Å². The molecule has 1 aliphatic rings. The molecule has 0 bridgehead atoms. The van der Waals surface area contributed by atoms with Gasteiger partial charge in [0.25, 0.3) is 0 Å². The SMILES string of the molecule is CN=C(NCCC(C)c1cccc(C(F)(F)F)c1)NC1CCCn2nc(C)nc21.I. The molecule has 0 radical (unpaired) electrons. The molecule has 166 valence electrons. The summed E-state index contributed by atoms with van der Waals surface area (Å²) >= 11 is 0. The predicted octanol–water partition coefficient (Wildman–Crippen LogP) is 4.42. The van der Waals surface area contributed by atoms with Gasteiger partial charge in [0.15, 0.2) is 5.96 Å². The Morgan fingerprint density at radius 1 is 1.37 bits per heavy atom. The zero-order valence-electron chi connectivity index (χ0n) is 17.3. The van der Waals surface area contributed by atoms with E-state index in [1.807, 2.05) is 18.5 Å². The zero-order chi connectivity index (χ0) is 21.0. The zero-order valence-corrected chi connectivity index (χ0v) is 19.7. The second-order valence-electron chi connectivity index (χ2n) is 7.39. The highest BCUT2D eigenvalue weighted by molar-refractivity contribution is 14.0. The summed E-state index contributed by atoms with van der Waals surface area (Å²) in [5.74, 6) is 2.31. The van der Waals surface area contributed by atoms with Crippen molar-refractivity contribution in [1.29, 1.82) is 0 Å². The summed E-state index contributed by atoms with van der Waals surface area (Å²) in [6.07, 6.45) is -1.68. The fourth-order valence-electron chi connectivity index (χ4n) is 3.56. The van der Waals surface area contributed by atoms with Crippen molar-refractivity contribution in [2.45, 2.75) is 57.8 Å². The first-order valence-corrected chi connectivity index (χ1v) is 9.83. The van der Waals surface area contributed by atoms with Gasteiger partial charge in [-0.2, -0.15) is 18.3 Å². The van der Waals surface area contributed by atoms with Crippen LogP contribution in [0.5, 0.6) is 0 Å². The van der Waals surface area contributed by atoms with Crippen LogP contribution in [0, 0.1) is 6.92 Å². The number of halogens is 4. The minimum atomic E-state index is -4.32. The van der Waals surface area contributed by atoms with Crippen LogP contribution in [0.1, 0.15) is 60.9 Å². The van der Waals surface area contributed by atoms with Gasteiger partial charge in [0.05, 0.1) is 11.6 Å². The summed E-state index contributed by atoms with van der Waals surface area (Å²) in [7, 11) is 1.70. The Balaban J connectivity index is 0.00000320. The lowest BCUT2D eigenvalue weighted by molar-refractivity contribution is -0.137. The van der Waals surface area contributed by atoms with E-state index < -0.39 is 11.7 Å². The van der Waals surface area contributed by atoms with Gasteiger partial charge in [0.2, 0.25) is 0 Å². The second kappa shape index (κ2) is 10.5. The van der Waals surface area contributed by atoms with Gasteiger partial charge >= 0.3 is 6.18 Å². The Morgan fingerprint density at radius 2 is 2.13 bits per heavy atom. The third kappa shape index (κ3) is 6.08. The van der Waals surface area contributed by atoms with Crippen molar-refractivity contribution in [3.63, 3.8) is 0 Å². The van der Waals surface area contributed by atoms with E-state index in [0.29, 0.717) is 24.5 Å². The Labute approximate surface area is 191 Å². The van der Waals surface area contributed by atoms with E-state index >= 15 is 0 Å². The summed E-state index contributed by atoms with van der Waals surface area (Å²) in [5, 5.41) is 11.0. The molecule has 3 rings (SSSR count). The fourth-order valence-corrected chi connectivity index (χ4v) is 3.56. The molecule has 30 heavy (non-hydrogen) atoms. The number of nitrogens with zero attached hydrogens (tertiary/aromatic N) is 4. The van der Waals surface area contributed by atoms with Gasteiger partial charge in [0, 0.05) is 20.1 Å². The summed E-state index contributed by atoms with van der Waals surface area (Å²) < 4.78 is 40.7. The molecule has 1 aliphatic heterocycles. The smallest absolute Gasteiger partial charge is 0.356 e. The quantitative estimate of drug-likeness (QED) is 0.338. The lowest BCUT2D eigenvalue weighted by Gasteiger charge is -2.25. The van der Waals surface area contributed by atoms with Gasteiger partial charge in [-0.3, -0.25) is 4.99 Å². The van der Waals surface area contributed by atoms with E-state index in [9.17, 15) is 13.2 Å². The third-order valence-corrected chi connectivity index (χ3v) is 5.17. The highest BCUT2D eigenvalue weighted by Crippen LogP contribution is 2.31. The highest BCUT2D eigenvalue weighted by Gasteiger charge is 2.30. The molecule has 0 fully saturated rings. The first kappa shape index (κ1) is 24.4. The van der Waals surface area contributed by atoms with Crippen molar-refractivity contribution in [3.8, 4) is 0 Å². The molecule has 2 atom stereocenters. The number of nitrogens with one attached hydrogen (secondary N) is 2. The molecule has 2 heterocycles. The normalized spacial score (nSPS) is 17.7. The van der Waals surface area contributed by atoms with Crippen LogP contribution in [0.4, 0.5) is 13.2 Å². The number of alkyl halides is 3. The maximum absolute atomic E-state index is 12.9. The molecule has 0 amide bonds. The van der Waals surface area contributed by atoms with E-state index in [-0.39, 0.29) is 35.9 Å². The predicted molar refractivity (Wildman–Crippen MR) is 121 cm³/mol. The topological polar surface area (TPSA) is 67.1 Å².